The van der Waals surface area contributed by atoms with E-state index < -0.39 is 38.0 Å². The van der Waals surface area contributed by atoms with Gasteiger partial charge in [-0.1, -0.05) is 0 Å². The van der Waals surface area contributed by atoms with Gasteiger partial charge in [0.15, 0.2) is 5.82 Å². The lowest BCUT2D eigenvalue weighted by Gasteiger charge is -2.27. The molecule has 2 fully saturated rings. The molecule has 126 valence electrons. The Morgan fingerprint density at radius 3 is 2.39 bits per heavy atom. The van der Waals surface area contributed by atoms with Crippen LogP contribution in [0, 0.1) is 11.6 Å². The Bertz CT molecular complexity index is 726. The van der Waals surface area contributed by atoms with Crippen molar-refractivity contribution in [2.75, 3.05) is 13.1 Å². The fourth-order valence-corrected chi connectivity index (χ4v) is 4.06. The van der Waals surface area contributed by atoms with Crippen molar-refractivity contribution in [3.8, 4) is 0 Å². The average molecular weight is 344 g/mol. The molecule has 0 aromatic heterocycles. The number of likely N-dealkylation sites (tertiary alicyclic amines) is 1. The third-order valence-corrected chi connectivity index (χ3v) is 5.64. The lowest BCUT2D eigenvalue weighted by atomic mass is 10.1. The quantitative estimate of drug-likeness (QED) is 0.909. The Balaban J connectivity index is 1.96. The van der Waals surface area contributed by atoms with E-state index in [1.54, 1.807) is 0 Å². The van der Waals surface area contributed by atoms with Crippen molar-refractivity contribution >= 4 is 15.9 Å². The highest BCUT2D eigenvalue weighted by atomic mass is 32.2. The standard InChI is InChI=1S/C15H18F2N2O3S/c16-11-6-7-12(23(21,22)18-10-4-5-10)14(17)13(11)15(20)19-8-2-1-3-9-19/h6-7,10,18H,1-5,8-9H2. The number of piperidine rings is 1. The minimum absolute atomic E-state index is 0.203. The van der Waals surface area contributed by atoms with Crippen LogP contribution in [0.5, 0.6) is 0 Å². The molecule has 0 bridgehead atoms. The van der Waals surface area contributed by atoms with E-state index in [-0.39, 0.29) is 6.04 Å². The Labute approximate surface area is 133 Å². The second-order valence-electron chi connectivity index (χ2n) is 5.98. The molecule has 0 atom stereocenters. The lowest BCUT2D eigenvalue weighted by Crippen LogP contribution is -2.37. The average Bonchev–Trinajstić information content (AvgIpc) is 3.31. The van der Waals surface area contributed by atoms with Gasteiger partial charge in [-0.25, -0.2) is 21.9 Å². The van der Waals surface area contributed by atoms with E-state index in [1.807, 2.05) is 0 Å². The molecule has 23 heavy (non-hydrogen) atoms. The fourth-order valence-electron chi connectivity index (χ4n) is 2.68. The Morgan fingerprint density at radius 2 is 1.78 bits per heavy atom. The molecule has 0 radical (unpaired) electrons. The SMILES string of the molecule is O=C(c1c(F)ccc(S(=O)(=O)NC2CC2)c1F)N1CCCCC1. The van der Waals surface area contributed by atoms with Gasteiger partial charge in [0.2, 0.25) is 10.0 Å². The number of halogens is 2. The van der Waals surface area contributed by atoms with Crippen molar-refractivity contribution in [3.63, 3.8) is 0 Å². The second kappa shape index (κ2) is 6.16. The molecule has 2 aliphatic rings. The van der Waals surface area contributed by atoms with Crippen LogP contribution in [0.3, 0.4) is 0 Å². The van der Waals surface area contributed by atoms with Crippen LogP contribution < -0.4 is 4.72 Å². The van der Waals surface area contributed by atoms with Crippen molar-refractivity contribution in [1.82, 2.24) is 9.62 Å². The van der Waals surface area contributed by atoms with E-state index in [2.05, 4.69) is 4.72 Å². The summed E-state index contributed by atoms with van der Waals surface area (Å²) in [6.07, 6.45) is 3.91. The van der Waals surface area contributed by atoms with Gasteiger partial charge in [0.1, 0.15) is 16.3 Å². The van der Waals surface area contributed by atoms with E-state index in [0.29, 0.717) is 25.9 Å². The maximum atomic E-state index is 14.6. The lowest BCUT2D eigenvalue weighted by molar-refractivity contribution is 0.0713. The van der Waals surface area contributed by atoms with Gasteiger partial charge in [0.05, 0.1) is 0 Å². The van der Waals surface area contributed by atoms with Crippen molar-refractivity contribution < 1.29 is 22.0 Å². The van der Waals surface area contributed by atoms with Gasteiger partial charge in [-0.05, 0) is 44.2 Å². The summed E-state index contributed by atoms with van der Waals surface area (Å²) in [5.41, 5.74) is -0.787. The van der Waals surface area contributed by atoms with E-state index in [1.165, 1.54) is 4.90 Å². The highest BCUT2D eigenvalue weighted by Crippen LogP contribution is 2.26. The van der Waals surface area contributed by atoms with Crippen molar-refractivity contribution in [2.45, 2.75) is 43.0 Å². The van der Waals surface area contributed by atoms with Crippen molar-refractivity contribution in [3.05, 3.63) is 29.3 Å². The molecular formula is C15H18F2N2O3S. The second-order valence-corrected chi connectivity index (χ2v) is 7.67. The largest absolute Gasteiger partial charge is 0.338 e. The molecule has 5 nitrogen and oxygen atoms in total. The maximum absolute atomic E-state index is 14.6. The molecule has 1 aliphatic heterocycles. The topological polar surface area (TPSA) is 66.5 Å². The van der Waals surface area contributed by atoms with Gasteiger partial charge in [0, 0.05) is 19.1 Å². The summed E-state index contributed by atoms with van der Waals surface area (Å²) in [7, 11) is -4.09. The zero-order valence-corrected chi connectivity index (χ0v) is 13.3. The van der Waals surface area contributed by atoms with E-state index in [4.69, 9.17) is 0 Å². The molecular weight excluding hydrogens is 326 g/mol. The molecule has 1 aromatic carbocycles. The van der Waals surface area contributed by atoms with Gasteiger partial charge in [0.25, 0.3) is 5.91 Å². The summed E-state index contributed by atoms with van der Waals surface area (Å²) in [6.45, 7) is 0.851. The molecule has 0 unspecified atom stereocenters. The molecule has 1 amide bonds. The number of amides is 1. The normalized spacial score (nSPS) is 19.0. The summed E-state index contributed by atoms with van der Waals surface area (Å²) in [6, 6.07) is 1.50. The molecule has 3 rings (SSSR count). The minimum atomic E-state index is -4.09. The molecule has 1 N–H and O–H groups in total. The van der Waals surface area contributed by atoms with E-state index in [0.717, 1.165) is 31.4 Å². The zero-order chi connectivity index (χ0) is 16.6. The first kappa shape index (κ1) is 16.3. The van der Waals surface area contributed by atoms with Crippen molar-refractivity contribution in [2.24, 2.45) is 0 Å². The van der Waals surface area contributed by atoms with Crippen LogP contribution in [0.4, 0.5) is 8.78 Å². The van der Waals surface area contributed by atoms with Crippen LogP contribution in [0.25, 0.3) is 0 Å². The van der Waals surface area contributed by atoms with Crippen LogP contribution in [0.2, 0.25) is 0 Å². The Hall–Kier alpha value is -1.54. The molecule has 1 saturated heterocycles. The first-order valence-electron chi connectivity index (χ1n) is 7.70. The van der Waals surface area contributed by atoms with Gasteiger partial charge < -0.3 is 4.90 Å². The number of carbonyl (C=O) groups is 1. The predicted octanol–water partition coefficient (Wildman–Crippen LogP) is 2.03. The number of nitrogens with zero attached hydrogens (tertiary/aromatic N) is 1. The summed E-state index contributed by atoms with van der Waals surface area (Å²) in [5, 5.41) is 0. The number of nitrogens with one attached hydrogen (secondary N) is 1. The van der Waals surface area contributed by atoms with Crippen LogP contribution in [-0.2, 0) is 10.0 Å². The van der Waals surface area contributed by atoms with E-state index >= 15 is 0 Å². The van der Waals surface area contributed by atoms with Crippen LogP contribution in [0.1, 0.15) is 42.5 Å². The van der Waals surface area contributed by atoms with Crippen LogP contribution >= 0.6 is 0 Å². The molecule has 1 aliphatic carbocycles. The zero-order valence-electron chi connectivity index (χ0n) is 12.5. The smallest absolute Gasteiger partial charge is 0.259 e. The number of hydrogen-bond donors (Lipinski definition) is 1. The van der Waals surface area contributed by atoms with Crippen LogP contribution in [0.15, 0.2) is 17.0 Å². The molecule has 1 saturated carbocycles. The number of benzene rings is 1. The number of sulfonamides is 1. The summed E-state index contributed by atoms with van der Waals surface area (Å²) in [4.78, 5) is 13.1. The van der Waals surface area contributed by atoms with Gasteiger partial charge >= 0.3 is 0 Å². The summed E-state index contributed by atoms with van der Waals surface area (Å²) >= 11 is 0. The monoisotopic (exact) mass is 344 g/mol. The number of rotatable bonds is 4. The Kier molecular flexibility index (Phi) is 4.37. The number of carbonyl (C=O) groups excluding carboxylic acids is 1. The first-order chi connectivity index (χ1) is 10.9. The van der Waals surface area contributed by atoms with E-state index in [9.17, 15) is 22.0 Å². The summed E-state index contributed by atoms with van der Waals surface area (Å²) < 4.78 is 55.3. The first-order valence-corrected chi connectivity index (χ1v) is 9.18. The molecule has 1 aromatic rings. The highest BCUT2D eigenvalue weighted by Gasteiger charge is 2.33. The maximum Gasteiger partial charge on any atom is 0.259 e. The van der Waals surface area contributed by atoms with Crippen molar-refractivity contribution in [1.29, 1.82) is 0 Å². The minimum Gasteiger partial charge on any atom is -0.338 e. The Morgan fingerprint density at radius 1 is 1.13 bits per heavy atom. The van der Waals surface area contributed by atoms with Crippen LogP contribution in [-0.4, -0.2) is 38.4 Å². The van der Waals surface area contributed by atoms with Gasteiger partial charge in [-0.15, -0.1) is 0 Å². The predicted molar refractivity (Wildman–Crippen MR) is 79.5 cm³/mol. The molecule has 1 heterocycles. The third kappa shape index (κ3) is 3.37. The van der Waals surface area contributed by atoms with Gasteiger partial charge in [-0.2, -0.15) is 0 Å². The fraction of sp³-hybridized carbons (Fsp3) is 0.533. The summed E-state index contributed by atoms with van der Waals surface area (Å²) in [5.74, 6) is -3.14. The third-order valence-electron chi connectivity index (χ3n) is 4.10. The van der Waals surface area contributed by atoms with Gasteiger partial charge in [-0.3, -0.25) is 4.79 Å². The number of hydrogen-bond acceptors (Lipinski definition) is 3. The molecule has 0 spiro atoms. The molecule has 8 heteroatoms. The highest BCUT2D eigenvalue weighted by molar-refractivity contribution is 7.89.